The SMILES string of the molecule is CCc1ccccn1.CCc1cnc(-c2ccc3c(c2)CCCCCN(C(=O)OCC(C)(C)C)CCO3)nc1.CO.COC. The number of benzene rings is 1. The predicted molar refractivity (Wildman–Crippen MR) is 177 cm³/mol. The van der Waals surface area contributed by atoms with Crippen molar-refractivity contribution in [3.8, 4) is 17.1 Å². The Morgan fingerprint density at radius 2 is 1.66 bits per heavy atom. The molecule has 0 saturated carbocycles. The number of aryl methyl sites for hydroxylation is 3. The molecule has 1 N–H and O–H groups in total. The number of aromatic nitrogens is 3. The Bertz CT molecular complexity index is 1170. The van der Waals surface area contributed by atoms with Gasteiger partial charge in [0.15, 0.2) is 5.82 Å². The van der Waals surface area contributed by atoms with Crippen LogP contribution in [0.25, 0.3) is 11.4 Å². The zero-order valence-corrected chi connectivity index (χ0v) is 28.1. The molecule has 0 spiro atoms. The minimum atomic E-state index is -0.249. The highest BCUT2D eigenvalue weighted by Gasteiger charge is 2.20. The summed E-state index contributed by atoms with van der Waals surface area (Å²) in [7, 11) is 4.25. The quantitative estimate of drug-likeness (QED) is 0.343. The lowest BCUT2D eigenvalue weighted by atomic mass is 9.99. The Balaban J connectivity index is 0.000000623. The van der Waals surface area contributed by atoms with E-state index in [1.807, 2.05) is 48.9 Å². The maximum absolute atomic E-state index is 12.5. The molecule has 0 aliphatic carbocycles. The van der Waals surface area contributed by atoms with Crippen molar-refractivity contribution < 1.29 is 24.1 Å². The normalized spacial score (nSPS) is 13.1. The number of pyridine rings is 1. The van der Waals surface area contributed by atoms with Crippen LogP contribution in [0.2, 0.25) is 0 Å². The number of aliphatic hydroxyl groups is 1. The van der Waals surface area contributed by atoms with E-state index in [4.69, 9.17) is 14.6 Å². The van der Waals surface area contributed by atoms with Crippen LogP contribution in [0.1, 0.15) is 70.7 Å². The van der Waals surface area contributed by atoms with Gasteiger partial charge in [0.2, 0.25) is 0 Å². The summed E-state index contributed by atoms with van der Waals surface area (Å²) in [6.45, 7) is 12.5. The number of nitrogens with zero attached hydrogens (tertiary/aromatic N) is 4. The minimum absolute atomic E-state index is 0.0437. The molecule has 0 atom stereocenters. The van der Waals surface area contributed by atoms with E-state index in [0.29, 0.717) is 26.3 Å². The van der Waals surface area contributed by atoms with Crippen molar-refractivity contribution in [1.82, 2.24) is 19.9 Å². The first-order chi connectivity index (χ1) is 21.2. The number of aliphatic hydroxyl groups excluding tert-OH is 1. The molecule has 0 unspecified atom stereocenters. The van der Waals surface area contributed by atoms with Gasteiger partial charge in [0.1, 0.15) is 12.4 Å². The number of carbonyl (C=O) groups excluding carboxylic acids is 1. The van der Waals surface area contributed by atoms with Crippen LogP contribution >= 0.6 is 0 Å². The first-order valence-corrected chi connectivity index (χ1v) is 15.4. The van der Waals surface area contributed by atoms with Gasteiger partial charge in [-0.15, -0.1) is 0 Å². The molecule has 244 valence electrons. The molecule has 4 rings (SSSR count). The van der Waals surface area contributed by atoms with Crippen molar-refractivity contribution in [2.24, 2.45) is 5.41 Å². The van der Waals surface area contributed by atoms with Gasteiger partial charge in [0.25, 0.3) is 0 Å². The first kappa shape index (κ1) is 38.5. The third-order valence-corrected chi connectivity index (χ3v) is 6.40. The number of fused-ring (bicyclic) bond motifs is 1. The van der Waals surface area contributed by atoms with E-state index >= 15 is 0 Å². The third-order valence-electron chi connectivity index (χ3n) is 6.40. The van der Waals surface area contributed by atoms with Crippen molar-refractivity contribution in [1.29, 1.82) is 0 Å². The number of carbonyl (C=O) groups is 1. The number of hydrogen-bond donors (Lipinski definition) is 1. The number of amides is 1. The van der Waals surface area contributed by atoms with Gasteiger partial charge in [0.05, 0.1) is 13.2 Å². The molecular weight excluding hydrogens is 556 g/mol. The molecule has 3 heterocycles. The van der Waals surface area contributed by atoms with Crippen LogP contribution in [0.5, 0.6) is 5.75 Å². The Morgan fingerprint density at radius 3 is 2.23 bits per heavy atom. The van der Waals surface area contributed by atoms with Crippen molar-refractivity contribution in [3.05, 3.63) is 71.8 Å². The van der Waals surface area contributed by atoms with Crippen LogP contribution in [-0.2, 0) is 28.7 Å². The molecule has 1 amide bonds. The molecular formula is C35H54N4O5. The summed E-state index contributed by atoms with van der Waals surface area (Å²) in [6.07, 6.45) is 11.3. The van der Waals surface area contributed by atoms with Crippen LogP contribution in [0.15, 0.2) is 55.0 Å². The fourth-order valence-electron chi connectivity index (χ4n) is 4.07. The van der Waals surface area contributed by atoms with Gasteiger partial charge < -0.3 is 24.2 Å². The molecule has 1 aliphatic heterocycles. The minimum Gasteiger partial charge on any atom is -0.491 e. The highest BCUT2D eigenvalue weighted by atomic mass is 16.6. The lowest BCUT2D eigenvalue weighted by Gasteiger charge is -2.25. The summed E-state index contributed by atoms with van der Waals surface area (Å²) < 4.78 is 15.8. The van der Waals surface area contributed by atoms with Gasteiger partial charge in [-0.3, -0.25) is 4.98 Å². The summed E-state index contributed by atoms with van der Waals surface area (Å²) in [4.78, 5) is 27.4. The summed E-state index contributed by atoms with van der Waals surface area (Å²) in [6, 6.07) is 12.1. The van der Waals surface area contributed by atoms with E-state index in [1.54, 1.807) is 19.1 Å². The van der Waals surface area contributed by atoms with Crippen molar-refractivity contribution in [3.63, 3.8) is 0 Å². The zero-order valence-electron chi connectivity index (χ0n) is 28.1. The Morgan fingerprint density at radius 1 is 0.955 bits per heavy atom. The van der Waals surface area contributed by atoms with E-state index in [2.05, 4.69) is 60.4 Å². The van der Waals surface area contributed by atoms with Crippen LogP contribution < -0.4 is 4.74 Å². The Labute approximate surface area is 265 Å². The molecule has 9 nitrogen and oxygen atoms in total. The fourth-order valence-corrected chi connectivity index (χ4v) is 4.07. The van der Waals surface area contributed by atoms with Crippen molar-refractivity contribution >= 4 is 6.09 Å². The van der Waals surface area contributed by atoms with E-state index in [1.165, 1.54) is 5.56 Å². The summed E-state index contributed by atoms with van der Waals surface area (Å²) in [5.74, 6) is 1.61. The van der Waals surface area contributed by atoms with Gasteiger partial charge in [0, 0.05) is 57.7 Å². The molecule has 0 bridgehead atoms. The maximum atomic E-state index is 12.5. The average Bonchev–Trinajstić information content (AvgIpc) is 3.09. The van der Waals surface area contributed by atoms with Crippen molar-refractivity contribution in [2.75, 3.05) is 47.6 Å². The molecule has 2 aromatic heterocycles. The topological polar surface area (TPSA) is 107 Å². The van der Waals surface area contributed by atoms with E-state index < -0.39 is 0 Å². The average molecular weight is 611 g/mol. The van der Waals surface area contributed by atoms with Gasteiger partial charge in [-0.2, -0.15) is 0 Å². The second kappa shape index (κ2) is 22.0. The Hall–Kier alpha value is -3.56. The van der Waals surface area contributed by atoms with Gasteiger partial charge >= 0.3 is 6.09 Å². The fraction of sp³-hybridized carbons (Fsp3) is 0.543. The van der Waals surface area contributed by atoms with E-state index in [0.717, 1.165) is 74.0 Å². The van der Waals surface area contributed by atoms with Crippen LogP contribution in [0.3, 0.4) is 0 Å². The van der Waals surface area contributed by atoms with Gasteiger partial charge in [-0.1, -0.05) is 47.1 Å². The smallest absolute Gasteiger partial charge is 0.409 e. The number of ether oxygens (including phenoxy) is 3. The molecule has 1 aromatic carbocycles. The number of hydrogen-bond acceptors (Lipinski definition) is 8. The second-order valence-corrected chi connectivity index (χ2v) is 11.4. The van der Waals surface area contributed by atoms with Gasteiger partial charge in [-0.25, -0.2) is 14.8 Å². The third kappa shape index (κ3) is 15.3. The maximum Gasteiger partial charge on any atom is 0.409 e. The molecule has 3 aromatic rings. The highest BCUT2D eigenvalue weighted by Crippen LogP contribution is 2.27. The summed E-state index contributed by atoms with van der Waals surface area (Å²) in [5.41, 5.74) is 4.43. The van der Waals surface area contributed by atoms with Crippen LogP contribution in [-0.4, -0.2) is 78.7 Å². The largest absolute Gasteiger partial charge is 0.491 e. The monoisotopic (exact) mass is 610 g/mol. The lowest BCUT2D eigenvalue weighted by Crippen LogP contribution is -2.37. The molecule has 0 saturated heterocycles. The van der Waals surface area contributed by atoms with E-state index in [9.17, 15) is 4.79 Å². The number of methoxy groups -OCH3 is 1. The molecule has 0 fully saturated rings. The molecule has 0 radical (unpaired) electrons. The molecule has 9 heteroatoms. The second-order valence-electron chi connectivity index (χ2n) is 11.4. The van der Waals surface area contributed by atoms with E-state index in [-0.39, 0.29) is 11.5 Å². The van der Waals surface area contributed by atoms with Crippen molar-refractivity contribution in [2.45, 2.75) is 73.1 Å². The summed E-state index contributed by atoms with van der Waals surface area (Å²) in [5, 5.41) is 7.00. The predicted octanol–water partition coefficient (Wildman–Crippen LogP) is 6.81. The highest BCUT2D eigenvalue weighted by molar-refractivity contribution is 5.67. The number of rotatable bonds is 4. The first-order valence-electron chi connectivity index (χ1n) is 15.4. The van der Waals surface area contributed by atoms with Gasteiger partial charge in [-0.05, 0) is 79.0 Å². The van der Waals surface area contributed by atoms with Crippen LogP contribution in [0.4, 0.5) is 4.79 Å². The molecule has 44 heavy (non-hydrogen) atoms. The standard InChI is InChI=1S/C25H35N3O3.C7H9N.C2H6O.CH4O/c1-5-19-16-26-23(27-17-19)21-10-11-22-20(15-21)9-7-6-8-12-28(13-14-30-22)24(29)31-18-25(2,3)4;1-2-7-5-3-4-6-8-7;1-3-2;1-2/h10-11,15-17H,5-9,12-14,18H2,1-4H3;3-6H,2H2,1H3;1-2H3;2H,1H3. The van der Waals surface area contributed by atoms with Crippen LogP contribution in [0, 0.1) is 5.41 Å². The Kier molecular flexibility index (Phi) is 19.3. The summed E-state index contributed by atoms with van der Waals surface area (Å²) >= 11 is 0. The lowest BCUT2D eigenvalue weighted by molar-refractivity contribution is 0.0678. The zero-order chi connectivity index (χ0) is 32.8. The molecule has 1 aliphatic rings.